The zero-order chi connectivity index (χ0) is 25.3. The number of nitrogens with zero attached hydrogens (tertiary/aromatic N) is 2. The lowest BCUT2D eigenvalue weighted by Gasteiger charge is -2.30. The summed E-state index contributed by atoms with van der Waals surface area (Å²) in [4.78, 5) is 27.1. The van der Waals surface area contributed by atoms with Crippen molar-refractivity contribution in [2.24, 2.45) is 0 Å². The normalized spacial score (nSPS) is 12.0. The maximum absolute atomic E-state index is 13.3. The fourth-order valence-electron chi connectivity index (χ4n) is 3.63. The van der Waals surface area contributed by atoms with Crippen LogP contribution in [0.25, 0.3) is 0 Å². The summed E-state index contributed by atoms with van der Waals surface area (Å²) in [5.41, 5.74) is 1.16. The quantitative estimate of drug-likeness (QED) is 0.491. The molecule has 0 saturated heterocycles. The Balaban J connectivity index is 2.17. The minimum Gasteiger partial charge on any atom is -0.497 e. The van der Waals surface area contributed by atoms with Crippen LogP contribution in [0.4, 0.5) is 10.1 Å². The highest BCUT2D eigenvalue weighted by Gasteiger charge is 2.28. The lowest BCUT2D eigenvalue weighted by Crippen LogP contribution is -2.48. The van der Waals surface area contributed by atoms with Crippen LogP contribution in [-0.4, -0.2) is 58.1 Å². The van der Waals surface area contributed by atoms with Crippen LogP contribution in [-0.2, 0) is 26.2 Å². The van der Waals surface area contributed by atoms with Gasteiger partial charge in [-0.05, 0) is 54.8 Å². The topological polar surface area (TPSA) is 96.0 Å². The van der Waals surface area contributed by atoms with Gasteiger partial charge in [0.25, 0.3) is 0 Å². The molecule has 0 unspecified atom stereocenters. The predicted octanol–water partition coefficient (Wildman–Crippen LogP) is 2.93. The van der Waals surface area contributed by atoms with Gasteiger partial charge >= 0.3 is 0 Å². The van der Waals surface area contributed by atoms with E-state index in [1.165, 1.54) is 35.5 Å². The number of amides is 2. The Morgan fingerprint density at radius 1 is 1.09 bits per heavy atom. The number of nitrogens with one attached hydrogen (secondary N) is 1. The first kappa shape index (κ1) is 27.1. The second kappa shape index (κ2) is 12.4. The van der Waals surface area contributed by atoms with E-state index in [4.69, 9.17) is 4.74 Å². The van der Waals surface area contributed by atoms with Crippen LogP contribution in [0.2, 0.25) is 0 Å². The van der Waals surface area contributed by atoms with Crippen molar-refractivity contribution in [3.63, 3.8) is 0 Å². The van der Waals surface area contributed by atoms with Gasteiger partial charge in [0.05, 0.1) is 19.1 Å². The average Bonchev–Trinajstić information content (AvgIpc) is 2.82. The van der Waals surface area contributed by atoms with Crippen molar-refractivity contribution in [1.29, 1.82) is 0 Å². The first-order valence-corrected chi connectivity index (χ1v) is 12.8. The number of ether oxygens (including phenoxy) is 1. The number of sulfonamides is 1. The number of halogens is 1. The summed E-state index contributed by atoms with van der Waals surface area (Å²) < 4.78 is 44.4. The number of benzene rings is 2. The van der Waals surface area contributed by atoms with Crippen LogP contribution in [0.15, 0.2) is 48.5 Å². The van der Waals surface area contributed by atoms with Gasteiger partial charge in [-0.15, -0.1) is 0 Å². The lowest BCUT2D eigenvalue weighted by atomic mass is 10.1. The summed E-state index contributed by atoms with van der Waals surface area (Å²) >= 11 is 0. The molecule has 0 heterocycles. The molecule has 2 amide bonds. The molecule has 0 bridgehead atoms. The molecule has 0 aliphatic carbocycles. The molecule has 10 heteroatoms. The van der Waals surface area contributed by atoms with Crippen molar-refractivity contribution in [3.05, 3.63) is 59.9 Å². The number of methoxy groups -OCH3 is 1. The molecule has 2 aromatic rings. The van der Waals surface area contributed by atoms with Crippen molar-refractivity contribution in [1.82, 2.24) is 10.2 Å². The molecule has 0 radical (unpaired) electrons. The molecule has 0 saturated carbocycles. The van der Waals surface area contributed by atoms with E-state index in [0.29, 0.717) is 23.4 Å². The molecule has 8 nitrogen and oxygen atoms in total. The molecule has 0 spiro atoms. The van der Waals surface area contributed by atoms with Gasteiger partial charge in [0.15, 0.2) is 0 Å². The zero-order valence-electron chi connectivity index (χ0n) is 20.0. The summed E-state index contributed by atoms with van der Waals surface area (Å²) in [6.45, 7) is 2.04. The Morgan fingerprint density at radius 3 is 2.21 bits per heavy atom. The van der Waals surface area contributed by atoms with Gasteiger partial charge in [-0.25, -0.2) is 12.8 Å². The molecular formula is C24H32FN3O5S. The standard InChI is InChI=1S/C24H32FN3O5S/c1-5-22(24(30)26-2)27(17-18-8-10-19(25)11-9-18)23(29)7-6-16-28(34(4,31)32)20-12-14-21(33-3)15-13-20/h8-15,22H,5-7,16-17H2,1-4H3,(H,26,30)/t22-/m1/s1. The van der Waals surface area contributed by atoms with Crippen LogP contribution in [0, 0.1) is 5.82 Å². The van der Waals surface area contributed by atoms with Crippen molar-refractivity contribution < 1.29 is 27.1 Å². The third-order valence-corrected chi connectivity index (χ3v) is 6.61. The van der Waals surface area contributed by atoms with Gasteiger partial charge in [-0.3, -0.25) is 13.9 Å². The van der Waals surface area contributed by atoms with Crippen molar-refractivity contribution >= 4 is 27.5 Å². The second-order valence-corrected chi connectivity index (χ2v) is 9.73. The molecule has 34 heavy (non-hydrogen) atoms. The summed E-state index contributed by atoms with van der Waals surface area (Å²) in [6.07, 6.45) is 1.80. The van der Waals surface area contributed by atoms with E-state index in [9.17, 15) is 22.4 Å². The van der Waals surface area contributed by atoms with Gasteiger partial charge in [-0.2, -0.15) is 0 Å². The summed E-state index contributed by atoms with van der Waals surface area (Å²) in [5.74, 6) is -0.375. The van der Waals surface area contributed by atoms with Gasteiger partial charge in [0.2, 0.25) is 21.8 Å². The van der Waals surface area contributed by atoms with Gasteiger partial charge < -0.3 is 15.0 Å². The number of rotatable bonds is 12. The lowest BCUT2D eigenvalue weighted by molar-refractivity contribution is -0.141. The number of hydrogen-bond donors (Lipinski definition) is 1. The van der Waals surface area contributed by atoms with E-state index in [-0.39, 0.29) is 43.6 Å². The van der Waals surface area contributed by atoms with Crippen LogP contribution in [0.5, 0.6) is 5.75 Å². The van der Waals surface area contributed by atoms with Crippen molar-refractivity contribution in [3.8, 4) is 5.75 Å². The van der Waals surface area contributed by atoms with Gasteiger partial charge in [0.1, 0.15) is 17.6 Å². The minimum absolute atomic E-state index is 0.0386. The number of carbonyl (C=O) groups is 2. The van der Waals surface area contributed by atoms with E-state index in [0.717, 1.165) is 6.26 Å². The second-order valence-electron chi connectivity index (χ2n) is 7.82. The molecule has 0 fully saturated rings. The molecule has 186 valence electrons. The molecule has 0 aromatic heterocycles. The molecule has 2 rings (SSSR count). The molecule has 0 aliphatic rings. The monoisotopic (exact) mass is 493 g/mol. The maximum atomic E-state index is 13.3. The fourth-order valence-corrected chi connectivity index (χ4v) is 4.59. The van der Waals surface area contributed by atoms with E-state index < -0.39 is 16.1 Å². The van der Waals surface area contributed by atoms with Gasteiger partial charge in [-0.1, -0.05) is 19.1 Å². The highest BCUT2D eigenvalue weighted by Crippen LogP contribution is 2.22. The maximum Gasteiger partial charge on any atom is 0.242 e. The smallest absolute Gasteiger partial charge is 0.242 e. The SMILES string of the molecule is CC[C@H](C(=O)NC)N(Cc1ccc(F)cc1)C(=O)CCCN(c1ccc(OC)cc1)S(C)(=O)=O. The van der Waals surface area contributed by atoms with Crippen LogP contribution in [0.1, 0.15) is 31.7 Å². The Hall–Kier alpha value is -3.14. The third kappa shape index (κ3) is 7.44. The van der Waals surface area contributed by atoms with Gasteiger partial charge in [0, 0.05) is 26.6 Å². The number of carbonyl (C=O) groups excluding carboxylic acids is 2. The largest absolute Gasteiger partial charge is 0.497 e. The van der Waals surface area contributed by atoms with Crippen LogP contribution in [0.3, 0.4) is 0 Å². The number of likely N-dealkylation sites (N-methyl/N-ethyl adjacent to an activating group) is 1. The molecule has 1 N–H and O–H groups in total. The first-order valence-electron chi connectivity index (χ1n) is 11.0. The van der Waals surface area contributed by atoms with Crippen LogP contribution < -0.4 is 14.4 Å². The predicted molar refractivity (Wildman–Crippen MR) is 130 cm³/mol. The average molecular weight is 494 g/mol. The Kier molecular flexibility index (Phi) is 9.85. The van der Waals surface area contributed by atoms with E-state index in [2.05, 4.69) is 5.32 Å². The Bertz CT molecular complexity index is 1060. The molecule has 2 aromatic carbocycles. The number of anilines is 1. The Morgan fingerprint density at radius 2 is 1.71 bits per heavy atom. The van der Waals surface area contributed by atoms with E-state index in [1.54, 1.807) is 43.3 Å². The molecule has 0 aliphatic heterocycles. The first-order chi connectivity index (χ1) is 16.1. The van der Waals surface area contributed by atoms with Crippen molar-refractivity contribution in [2.75, 3.05) is 31.3 Å². The molecular weight excluding hydrogens is 461 g/mol. The summed E-state index contributed by atoms with van der Waals surface area (Å²) in [7, 11) is -0.552. The summed E-state index contributed by atoms with van der Waals surface area (Å²) in [5, 5.41) is 2.58. The van der Waals surface area contributed by atoms with E-state index in [1.807, 2.05) is 0 Å². The minimum atomic E-state index is -3.58. The summed E-state index contributed by atoms with van der Waals surface area (Å²) in [6, 6.07) is 11.7. The molecule has 1 atom stereocenters. The highest BCUT2D eigenvalue weighted by molar-refractivity contribution is 7.92. The van der Waals surface area contributed by atoms with Crippen LogP contribution >= 0.6 is 0 Å². The fraction of sp³-hybridized carbons (Fsp3) is 0.417. The third-order valence-electron chi connectivity index (χ3n) is 5.41. The zero-order valence-corrected chi connectivity index (χ0v) is 20.8. The Labute approximate surface area is 200 Å². The van der Waals surface area contributed by atoms with E-state index >= 15 is 0 Å². The number of hydrogen-bond acceptors (Lipinski definition) is 5. The van der Waals surface area contributed by atoms with Crippen molar-refractivity contribution in [2.45, 2.75) is 38.8 Å². The highest BCUT2D eigenvalue weighted by atomic mass is 32.2.